The SMILES string of the molecule is C=CCN(CC(=O)O)C(=O)c1cc(Cl)ccc1F. The smallest absolute Gasteiger partial charge is 0.323 e. The monoisotopic (exact) mass is 271 g/mol. The maximum absolute atomic E-state index is 13.5. The zero-order chi connectivity index (χ0) is 13.7. The lowest BCUT2D eigenvalue weighted by Gasteiger charge is -2.19. The fourth-order valence-electron chi connectivity index (χ4n) is 1.37. The molecular formula is C12H11ClFNO3. The highest BCUT2D eigenvalue weighted by Gasteiger charge is 2.20. The Kier molecular flexibility index (Phi) is 4.85. The Bertz CT molecular complexity index is 490. The molecule has 0 saturated carbocycles. The van der Waals surface area contributed by atoms with Gasteiger partial charge in [0, 0.05) is 11.6 Å². The van der Waals surface area contributed by atoms with Crippen molar-refractivity contribution < 1.29 is 19.1 Å². The number of carbonyl (C=O) groups is 2. The second-order valence-electron chi connectivity index (χ2n) is 3.49. The highest BCUT2D eigenvalue weighted by molar-refractivity contribution is 6.31. The van der Waals surface area contributed by atoms with Crippen molar-refractivity contribution in [2.24, 2.45) is 0 Å². The van der Waals surface area contributed by atoms with E-state index >= 15 is 0 Å². The summed E-state index contributed by atoms with van der Waals surface area (Å²) in [6.45, 7) is 2.90. The molecule has 1 rings (SSSR count). The van der Waals surface area contributed by atoms with Crippen molar-refractivity contribution in [3.8, 4) is 0 Å². The summed E-state index contributed by atoms with van der Waals surface area (Å²) in [6, 6.07) is 3.53. The zero-order valence-corrected chi connectivity index (χ0v) is 10.2. The largest absolute Gasteiger partial charge is 0.480 e. The van der Waals surface area contributed by atoms with E-state index in [2.05, 4.69) is 6.58 Å². The summed E-state index contributed by atoms with van der Waals surface area (Å²) in [4.78, 5) is 23.5. The Balaban J connectivity index is 3.04. The predicted molar refractivity (Wildman–Crippen MR) is 65.1 cm³/mol. The molecule has 0 heterocycles. The summed E-state index contributed by atoms with van der Waals surface area (Å²) in [5.74, 6) is -2.67. The molecule has 0 aliphatic carbocycles. The van der Waals surface area contributed by atoms with E-state index in [9.17, 15) is 14.0 Å². The number of aliphatic carboxylic acids is 1. The molecule has 1 aromatic rings. The highest BCUT2D eigenvalue weighted by Crippen LogP contribution is 2.16. The van der Waals surface area contributed by atoms with Crippen molar-refractivity contribution in [1.29, 1.82) is 0 Å². The van der Waals surface area contributed by atoms with Crippen LogP contribution in [0.5, 0.6) is 0 Å². The first kappa shape index (κ1) is 14.2. The lowest BCUT2D eigenvalue weighted by molar-refractivity contribution is -0.137. The van der Waals surface area contributed by atoms with Crippen LogP contribution in [0.1, 0.15) is 10.4 Å². The molecule has 0 atom stereocenters. The summed E-state index contributed by atoms with van der Waals surface area (Å²) >= 11 is 5.67. The minimum Gasteiger partial charge on any atom is -0.480 e. The molecule has 0 aliphatic rings. The second kappa shape index (κ2) is 6.16. The number of amides is 1. The lowest BCUT2D eigenvalue weighted by atomic mass is 10.2. The third kappa shape index (κ3) is 3.56. The number of nitrogens with zero attached hydrogens (tertiary/aromatic N) is 1. The molecule has 0 saturated heterocycles. The molecule has 1 aromatic carbocycles. The van der Waals surface area contributed by atoms with Crippen molar-refractivity contribution in [2.45, 2.75) is 0 Å². The van der Waals surface area contributed by atoms with Crippen molar-refractivity contribution in [3.05, 3.63) is 47.3 Å². The number of halogens is 2. The van der Waals surface area contributed by atoms with E-state index in [1.165, 1.54) is 12.1 Å². The zero-order valence-electron chi connectivity index (χ0n) is 9.40. The molecule has 0 bridgehead atoms. The number of hydrogen-bond acceptors (Lipinski definition) is 2. The molecule has 0 spiro atoms. The number of hydrogen-bond donors (Lipinski definition) is 1. The van der Waals surface area contributed by atoms with Crippen LogP contribution in [0.4, 0.5) is 4.39 Å². The van der Waals surface area contributed by atoms with E-state index in [1.54, 1.807) is 0 Å². The number of carboxylic acids is 1. The molecule has 0 unspecified atom stereocenters. The fraction of sp³-hybridized carbons (Fsp3) is 0.167. The maximum Gasteiger partial charge on any atom is 0.323 e. The fourth-order valence-corrected chi connectivity index (χ4v) is 1.54. The van der Waals surface area contributed by atoms with Gasteiger partial charge < -0.3 is 10.0 Å². The van der Waals surface area contributed by atoms with Crippen LogP contribution in [0.2, 0.25) is 5.02 Å². The van der Waals surface area contributed by atoms with E-state index in [-0.39, 0.29) is 17.1 Å². The van der Waals surface area contributed by atoms with Gasteiger partial charge in [-0.25, -0.2) is 4.39 Å². The average molecular weight is 272 g/mol. The Labute approximate surface area is 108 Å². The van der Waals surface area contributed by atoms with Gasteiger partial charge in [0.15, 0.2) is 0 Å². The third-order valence-electron chi connectivity index (χ3n) is 2.12. The second-order valence-corrected chi connectivity index (χ2v) is 3.93. The normalized spacial score (nSPS) is 9.89. The number of benzene rings is 1. The predicted octanol–water partition coefficient (Wildman–Crippen LogP) is 2.19. The minimum absolute atomic E-state index is 0.0110. The van der Waals surface area contributed by atoms with Gasteiger partial charge in [-0.1, -0.05) is 17.7 Å². The van der Waals surface area contributed by atoms with Gasteiger partial charge in [0.2, 0.25) is 0 Å². The van der Waals surface area contributed by atoms with Gasteiger partial charge in [-0.05, 0) is 18.2 Å². The first-order valence-corrected chi connectivity index (χ1v) is 5.40. The first-order chi connectivity index (χ1) is 8.45. The van der Waals surface area contributed by atoms with Crippen LogP contribution < -0.4 is 0 Å². The minimum atomic E-state index is -1.19. The summed E-state index contributed by atoms with van der Waals surface area (Å²) in [6.07, 6.45) is 1.36. The topological polar surface area (TPSA) is 57.6 Å². The van der Waals surface area contributed by atoms with Gasteiger partial charge in [-0.3, -0.25) is 9.59 Å². The maximum atomic E-state index is 13.5. The van der Waals surface area contributed by atoms with Crippen LogP contribution in [-0.4, -0.2) is 35.0 Å². The molecule has 0 aliphatic heterocycles. The quantitative estimate of drug-likeness (QED) is 0.835. The third-order valence-corrected chi connectivity index (χ3v) is 2.36. The molecule has 6 heteroatoms. The van der Waals surface area contributed by atoms with Crippen LogP contribution >= 0.6 is 11.6 Å². The van der Waals surface area contributed by atoms with Crippen LogP contribution in [0.15, 0.2) is 30.9 Å². The van der Waals surface area contributed by atoms with Gasteiger partial charge >= 0.3 is 5.97 Å². The van der Waals surface area contributed by atoms with Crippen molar-refractivity contribution in [1.82, 2.24) is 4.90 Å². The summed E-state index contributed by atoms with van der Waals surface area (Å²) in [7, 11) is 0. The molecule has 1 amide bonds. The average Bonchev–Trinajstić information content (AvgIpc) is 2.30. The van der Waals surface area contributed by atoms with Crippen LogP contribution in [0.25, 0.3) is 0 Å². The molecule has 96 valence electrons. The van der Waals surface area contributed by atoms with E-state index in [0.717, 1.165) is 17.0 Å². The molecule has 0 radical (unpaired) electrons. The Morgan fingerprint density at radius 1 is 1.50 bits per heavy atom. The van der Waals surface area contributed by atoms with Crippen LogP contribution in [0.3, 0.4) is 0 Å². The van der Waals surface area contributed by atoms with Gasteiger partial charge in [0.1, 0.15) is 12.4 Å². The van der Waals surface area contributed by atoms with Crippen LogP contribution in [0, 0.1) is 5.82 Å². The molecule has 1 N–H and O–H groups in total. The van der Waals surface area contributed by atoms with E-state index in [0.29, 0.717) is 0 Å². The molecule has 0 aromatic heterocycles. The molecule has 0 fully saturated rings. The van der Waals surface area contributed by atoms with Gasteiger partial charge in [-0.2, -0.15) is 0 Å². The van der Waals surface area contributed by atoms with E-state index in [1.807, 2.05) is 0 Å². The van der Waals surface area contributed by atoms with Crippen molar-refractivity contribution in [2.75, 3.05) is 13.1 Å². The summed E-state index contributed by atoms with van der Waals surface area (Å²) in [5, 5.41) is 8.88. The van der Waals surface area contributed by atoms with Gasteiger partial charge in [0.25, 0.3) is 5.91 Å². The first-order valence-electron chi connectivity index (χ1n) is 5.02. The Hall–Kier alpha value is -1.88. The summed E-state index contributed by atoms with van der Waals surface area (Å²) < 4.78 is 13.5. The number of carboxylic acid groups (broad SMARTS) is 1. The van der Waals surface area contributed by atoms with Crippen molar-refractivity contribution in [3.63, 3.8) is 0 Å². The standard InChI is InChI=1S/C12H11ClFNO3/c1-2-5-15(7-11(16)17)12(18)9-6-8(13)3-4-10(9)14/h2-4,6H,1,5,7H2,(H,16,17). The lowest BCUT2D eigenvalue weighted by Crippen LogP contribution is -2.36. The summed E-state index contributed by atoms with van der Waals surface area (Å²) in [5.41, 5.74) is -0.259. The number of carbonyl (C=O) groups excluding carboxylic acids is 1. The van der Waals surface area contributed by atoms with Crippen molar-refractivity contribution >= 4 is 23.5 Å². The van der Waals surface area contributed by atoms with Gasteiger partial charge in [0.05, 0.1) is 5.56 Å². The molecular weight excluding hydrogens is 261 g/mol. The molecule has 4 nitrogen and oxygen atoms in total. The van der Waals surface area contributed by atoms with E-state index in [4.69, 9.17) is 16.7 Å². The number of rotatable bonds is 5. The molecule has 18 heavy (non-hydrogen) atoms. The Morgan fingerprint density at radius 2 is 2.17 bits per heavy atom. The van der Waals surface area contributed by atoms with E-state index < -0.39 is 24.2 Å². The Morgan fingerprint density at radius 3 is 2.72 bits per heavy atom. The highest BCUT2D eigenvalue weighted by atomic mass is 35.5. The van der Waals surface area contributed by atoms with Gasteiger partial charge in [-0.15, -0.1) is 6.58 Å². The van der Waals surface area contributed by atoms with Crippen LogP contribution in [-0.2, 0) is 4.79 Å².